The van der Waals surface area contributed by atoms with Gasteiger partial charge in [0.15, 0.2) is 5.82 Å². The van der Waals surface area contributed by atoms with Crippen molar-refractivity contribution in [3.63, 3.8) is 0 Å². The Labute approximate surface area is 82.2 Å². The number of hydrogen-bond acceptors (Lipinski definition) is 5. The maximum Gasteiger partial charge on any atom is 0.433 e. The minimum Gasteiger partial charge on any atom is -0.363 e. The van der Waals surface area contributed by atoms with Crippen LogP contribution in [0.15, 0.2) is 16.9 Å². The summed E-state index contributed by atoms with van der Waals surface area (Å²) in [4.78, 5) is 0. The molecule has 0 unspecified atom stereocenters. The fraction of sp³-hybridized carbons (Fsp3) is 0.571. The minimum atomic E-state index is -3.28. The third kappa shape index (κ3) is 3.14. The molecule has 14 heavy (non-hydrogen) atoms. The van der Waals surface area contributed by atoms with E-state index in [1.165, 1.54) is 12.3 Å². The summed E-state index contributed by atoms with van der Waals surface area (Å²) in [7, 11) is -3.28. The van der Waals surface area contributed by atoms with Crippen LogP contribution in [-0.4, -0.2) is 18.4 Å². The Kier molecular flexibility index (Phi) is 4.13. The van der Waals surface area contributed by atoms with Crippen LogP contribution in [0.3, 0.4) is 0 Å². The fourth-order valence-electron chi connectivity index (χ4n) is 0.852. The zero-order chi connectivity index (χ0) is 10.4. The maximum absolute atomic E-state index is 11.8. The van der Waals surface area contributed by atoms with Gasteiger partial charge < -0.3 is 4.52 Å². The molecule has 0 saturated carbocycles. The Morgan fingerprint density at radius 2 is 2.14 bits per heavy atom. The van der Waals surface area contributed by atoms with E-state index in [0.717, 1.165) is 0 Å². The first-order valence-corrected chi connectivity index (χ1v) is 5.82. The Morgan fingerprint density at radius 3 is 2.57 bits per heavy atom. The lowest BCUT2D eigenvalue weighted by Gasteiger charge is -2.16. The highest BCUT2D eigenvalue weighted by Crippen LogP contribution is 2.47. The Hall–Kier alpha value is -0.840. The molecule has 1 rings (SSSR count). The average molecular weight is 220 g/mol. The lowest BCUT2D eigenvalue weighted by atomic mass is 10.7. The molecule has 0 saturated heterocycles. The van der Waals surface area contributed by atoms with Gasteiger partial charge in [-0.2, -0.15) is 0 Å². The van der Waals surface area contributed by atoms with E-state index in [9.17, 15) is 4.57 Å². The first-order valence-electron chi connectivity index (χ1n) is 4.28. The van der Waals surface area contributed by atoms with Crippen molar-refractivity contribution >= 4 is 13.6 Å². The molecule has 0 aliphatic heterocycles. The van der Waals surface area contributed by atoms with Gasteiger partial charge in [0.25, 0.3) is 0 Å². The maximum atomic E-state index is 11.8. The smallest absolute Gasteiger partial charge is 0.363 e. The molecule has 1 aromatic rings. The third-order valence-electron chi connectivity index (χ3n) is 1.29. The second kappa shape index (κ2) is 5.14. The number of rotatable bonds is 6. The van der Waals surface area contributed by atoms with Crippen LogP contribution >= 0.6 is 7.75 Å². The van der Waals surface area contributed by atoms with Crippen molar-refractivity contribution < 1.29 is 18.1 Å². The zero-order valence-electron chi connectivity index (χ0n) is 8.10. The van der Waals surface area contributed by atoms with Gasteiger partial charge in [0, 0.05) is 6.07 Å². The quantitative estimate of drug-likeness (QED) is 0.741. The van der Waals surface area contributed by atoms with E-state index in [1.54, 1.807) is 13.8 Å². The van der Waals surface area contributed by atoms with Crippen molar-refractivity contribution in [1.82, 2.24) is 5.16 Å². The fourth-order valence-corrected chi connectivity index (χ4v) is 2.13. The van der Waals surface area contributed by atoms with E-state index in [-0.39, 0.29) is 0 Å². The highest BCUT2D eigenvalue weighted by molar-refractivity contribution is 7.55. The Balaban J connectivity index is 2.64. The first-order chi connectivity index (χ1) is 6.70. The Morgan fingerprint density at radius 1 is 1.50 bits per heavy atom. The summed E-state index contributed by atoms with van der Waals surface area (Å²) in [6.45, 7) is 4.05. The summed E-state index contributed by atoms with van der Waals surface area (Å²) in [5.74, 6) is 0.329. The molecule has 0 aliphatic rings. The number of nitrogens with zero attached hydrogens (tertiary/aromatic N) is 1. The number of hydrogen-bond donors (Lipinski definition) is 1. The minimum absolute atomic E-state index is 0.294. The monoisotopic (exact) mass is 220 g/mol. The van der Waals surface area contributed by atoms with Crippen LogP contribution < -0.4 is 5.09 Å². The highest BCUT2D eigenvalue weighted by atomic mass is 31.2. The first kappa shape index (κ1) is 11.2. The predicted octanol–water partition coefficient (Wildman–Crippen LogP) is 2.27. The van der Waals surface area contributed by atoms with Gasteiger partial charge in [-0.15, -0.1) is 0 Å². The molecular formula is C7H13N2O4P. The topological polar surface area (TPSA) is 73.6 Å². The number of aromatic nitrogens is 1. The standard InChI is InChI=1S/C7H13N2O4P/c1-3-12-14(10,13-4-2)9-7-5-6-11-8-7/h5-6H,3-4H2,1-2H3,(H,8,9,10). The number of anilines is 1. The van der Waals surface area contributed by atoms with Gasteiger partial charge in [-0.1, -0.05) is 5.16 Å². The highest BCUT2D eigenvalue weighted by Gasteiger charge is 2.24. The Bertz CT molecular complexity index is 291. The second-order valence-electron chi connectivity index (χ2n) is 2.33. The van der Waals surface area contributed by atoms with Crippen LogP contribution in [-0.2, 0) is 13.6 Å². The molecule has 0 bridgehead atoms. The van der Waals surface area contributed by atoms with Crippen molar-refractivity contribution in [3.8, 4) is 0 Å². The number of nitrogens with one attached hydrogen (secondary N) is 1. The largest absolute Gasteiger partial charge is 0.433 e. The van der Waals surface area contributed by atoms with Gasteiger partial charge in [-0.25, -0.2) is 4.57 Å². The molecule has 6 nitrogen and oxygen atoms in total. The van der Waals surface area contributed by atoms with Gasteiger partial charge in [0.05, 0.1) is 13.2 Å². The van der Waals surface area contributed by atoms with Crippen molar-refractivity contribution in [2.45, 2.75) is 13.8 Å². The summed E-state index contributed by atoms with van der Waals surface area (Å²) in [5, 5.41) is 6.09. The van der Waals surface area contributed by atoms with Crippen LogP contribution in [0.2, 0.25) is 0 Å². The normalized spacial score (nSPS) is 11.6. The van der Waals surface area contributed by atoms with Crippen molar-refractivity contribution in [1.29, 1.82) is 0 Å². The van der Waals surface area contributed by atoms with Crippen LogP contribution in [0.5, 0.6) is 0 Å². The van der Waals surface area contributed by atoms with Crippen LogP contribution in [0, 0.1) is 0 Å². The lowest BCUT2D eigenvalue weighted by Crippen LogP contribution is -2.04. The van der Waals surface area contributed by atoms with E-state index in [4.69, 9.17) is 9.05 Å². The van der Waals surface area contributed by atoms with Gasteiger partial charge in [0.1, 0.15) is 6.26 Å². The molecular weight excluding hydrogens is 207 g/mol. The van der Waals surface area contributed by atoms with Crippen LogP contribution in [0.1, 0.15) is 13.8 Å². The summed E-state index contributed by atoms with van der Waals surface area (Å²) >= 11 is 0. The van der Waals surface area contributed by atoms with Crippen molar-refractivity contribution in [3.05, 3.63) is 12.3 Å². The molecule has 0 spiro atoms. The zero-order valence-corrected chi connectivity index (χ0v) is 8.99. The van der Waals surface area contributed by atoms with E-state index >= 15 is 0 Å². The molecule has 0 atom stereocenters. The molecule has 0 amide bonds. The summed E-state index contributed by atoms with van der Waals surface area (Å²) in [6.07, 6.45) is 1.37. The summed E-state index contributed by atoms with van der Waals surface area (Å²) in [5.41, 5.74) is 0. The molecule has 0 aliphatic carbocycles. The third-order valence-corrected chi connectivity index (χ3v) is 2.99. The summed E-state index contributed by atoms with van der Waals surface area (Å²) < 4.78 is 26.4. The molecule has 0 fully saturated rings. The van der Waals surface area contributed by atoms with Gasteiger partial charge in [-0.05, 0) is 13.8 Å². The SMILES string of the molecule is CCOP(=O)(Nc1ccon1)OCC. The van der Waals surface area contributed by atoms with E-state index < -0.39 is 7.75 Å². The van der Waals surface area contributed by atoms with Crippen LogP contribution in [0.25, 0.3) is 0 Å². The van der Waals surface area contributed by atoms with E-state index in [0.29, 0.717) is 19.0 Å². The molecule has 1 aromatic heterocycles. The van der Waals surface area contributed by atoms with E-state index in [2.05, 4.69) is 14.8 Å². The molecule has 0 radical (unpaired) electrons. The molecule has 80 valence electrons. The molecule has 1 N–H and O–H groups in total. The van der Waals surface area contributed by atoms with Gasteiger partial charge >= 0.3 is 7.75 Å². The molecule has 7 heteroatoms. The van der Waals surface area contributed by atoms with Gasteiger partial charge in [-0.3, -0.25) is 14.1 Å². The van der Waals surface area contributed by atoms with Crippen LogP contribution in [0.4, 0.5) is 5.82 Å². The summed E-state index contributed by atoms with van der Waals surface area (Å²) in [6, 6.07) is 1.53. The van der Waals surface area contributed by atoms with Gasteiger partial charge in [0.2, 0.25) is 0 Å². The molecule has 0 aromatic carbocycles. The van der Waals surface area contributed by atoms with E-state index in [1.807, 2.05) is 0 Å². The molecule has 1 heterocycles. The lowest BCUT2D eigenvalue weighted by molar-refractivity contribution is 0.224. The van der Waals surface area contributed by atoms with Crippen molar-refractivity contribution in [2.24, 2.45) is 0 Å². The average Bonchev–Trinajstić information content (AvgIpc) is 2.57. The predicted molar refractivity (Wildman–Crippen MR) is 51.0 cm³/mol. The van der Waals surface area contributed by atoms with Crippen molar-refractivity contribution in [2.75, 3.05) is 18.3 Å². The second-order valence-corrected chi connectivity index (χ2v) is 4.06.